The topological polar surface area (TPSA) is 121 Å². The van der Waals surface area contributed by atoms with Gasteiger partial charge in [-0.1, -0.05) is 13.0 Å². The Balaban J connectivity index is 1.27. The Morgan fingerprint density at radius 2 is 1.92 bits per heavy atom. The van der Waals surface area contributed by atoms with Crippen molar-refractivity contribution in [3.63, 3.8) is 0 Å². The highest BCUT2D eigenvalue weighted by Gasteiger charge is 2.35. The molecule has 5 rings (SSSR count). The number of likely N-dealkylation sites (tertiary alicyclic amines) is 1. The van der Waals surface area contributed by atoms with Gasteiger partial charge in [-0.2, -0.15) is 4.31 Å². The third-order valence-electron chi connectivity index (χ3n) is 8.02. The summed E-state index contributed by atoms with van der Waals surface area (Å²) in [7, 11) is -3.32. The summed E-state index contributed by atoms with van der Waals surface area (Å²) in [6, 6.07) is 7.74. The molecule has 0 bridgehead atoms. The molecule has 2 atom stereocenters. The second-order valence-electron chi connectivity index (χ2n) is 11.0. The number of hydrogen-bond acceptors (Lipinski definition) is 9. The van der Waals surface area contributed by atoms with Gasteiger partial charge in [-0.3, -0.25) is 9.88 Å². The lowest BCUT2D eigenvalue weighted by Gasteiger charge is -2.39. The Hall–Kier alpha value is -2.86. The number of pyridine rings is 3. The number of sulfonamides is 1. The molecule has 2 fully saturated rings. The van der Waals surface area contributed by atoms with E-state index >= 15 is 0 Å². The molecule has 2 aliphatic heterocycles. The summed E-state index contributed by atoms with van der Waals surface area (Å²) in [5.41, 5.74) is 2.17. The van der Waals surface area contributed by atoms with Gasteiger partial charge in [0, 0.05) is 60.5 Å². The first-order valence-electron chi connectivity index (χ1n) is 13.6. The molecule has 3 aromatic heterocycles. The van der Waals surface area contributed by atoms with Crippen molar-refractivity contribution in [2.75, 3.05) is 44.4 Å². The standard InChI is InChI=1S/C28H38N6O4S/c1-4-38-26-6-5-20(16-31-26)18-33-13-9-28(2,10-14-33)27-22-15-25(30-17-21(22)7-11-29-27)32-23-8-12-34(19-24(23)35)39(3,36)37/h5-7,11,15-17,23-24,35H,4,8-10,12-14,18-19H2,1-3H3,(H,30,32)/t23-,24-/m1/s1. The van der Waals surface area contributed by atoms with Gasteiger partial charge < -0.3 is 15.2 Å². The molecule has 0 spiro atoms. The summed E-state index contributed by atoms with van der Waals surface area (Å²) in [4.78, 5) is 16.3. The minimum atomic E-state index is -3.32. The van der Waals surface area contributed by atoms with Gasteiger partial charge in [0.15, 0.2) is 0 Å². The maximum atomic E-state index is 11.9. The number of nitrogens with zero attached hydrogens (tertiary/aromatic N) is 5. The van der Waals surface area contributed by atoms with Crippen LogP contribution in [0.2, 0.25) is 0 Å². The molecular weight excluding hydrogens is 516 g/mol. The van der Waals surface area contributed by atoms with Crippen molar-refractivity contribution in [3.05, 3.63) is 54.1 Å². The second kappa shape index (κ2) is 11.3. The molecule has 2 aliphatic rings. The molecule has 39 heavy (non-hydrogen) atoms. The van der Waals surface area contributed by atoms with E-state index in [9.17, 15) is 13.5 Å². The molecule has 0 unspecified atom stereocenters. The van der Waals surface area contributed by atoms with Crippen molar-refractivity contribution in [2.24, 2.45) is 0 Å². The van der Waals surface area contributed by atoms with Gasteiger partial charge in [-0.25, -0.2) is 18.4 Å². The Morgan fingerprint density at radius 1 is 1.13 bits per heavy atom. The summed E-state index contributed by atoms with van der Waals surface area (Å²) in [5, 5.41) is 16.1. The van der Waals surface area contributed by atoms with Crippen LogP contribution in [0.4, 0.5) is 5.82 Å². The van der Waals surface area contributed by atoms with Crippen molar-refractivity contribution in [1.29, 1.82) is 0 Å². The minimum Gasteiger partial charge on any atom is -0.478 e. The third kappa shape index (κ3) is 6.32. The van der Waals surface area contributed by atoms with E-state index in [1.165, 1.54) is 16.1 Å². The van der Waals surface area contributed by atoms with Crippen LogP contribution in [0, 0.1) is 0 Å². The van der Waals surface area contributed by atoms with Gasteiger partial charge in [0.2, 0.25) is 15.9 Å². The maximum absolute atomic E-state index is 11.9. The highest BCUT2D eigenvalue weighted by molar-refractivity contribution is 7.88. The number of β-amino-alcohol motifs (C(OH)–C–C–N with tert-alkyl or cyclic N) is 1. The first-order chi connectivity index (χ1) is 18.6. The van der Waals surface area contributed by atoms with E-state index < -0.39 is 16.1 Å². The van der Waals surface area contributed by atoms with E-state index in [1.807, 2.05) is 43.7 Å². The van der Waals surface area contributed by atoms with Crippen LogP contribution in [-0.2, 0) is 22.0 Å². The smallest absolute Gasteiger partial charge is 0.213 e. The Morgan fingerprint density at radius 3 is 2.59 bits per heavy atom. The molecule has 210 valence electrons. The first kappa shape index (κ1) is 27.7. The zero-order valence-electron chi connectivity index (χ0n) is 22.9. The fraction of sp³-hybridized carbons (Fsp3) is 0.536. The van der Waals surface area contributed by atoms with Crippen molar-refractivity contribution in [2.45, 2.75) is 57.2 Å². The highest BCUT2D eigenvalue weighted by atomic mass is 32.2. The number of hydrogen-bond donors (Lipinski definition) is 2. The van der Waals surface area contributed by atoms with E-state index in [4.69, 9.17) is 9.72 Å². The van der Waals surface area contributed by atoms with Crippen molar-refractivity contribution in [1.82, 2.24) is 24.2 Å². The molecule has 11 heteroatoms. The van der Waals surface area contributed by atoms with Gasteiger partial charge in [-0.05, 0) is 57.0 Å². The van der Waals surface area contributed by atoms with Gasteiger partial charge in [0.05, 0.1) is 30.7 Å². The molecular formula is C28H38N6O4S. The van der Waals surface area contributed by atoms with E-state index in [1.54, 1.807) is 0 Å². The number of ether oxygens (including phenoxy) is 1. The number of aliphatic hydroxyl groups excluding tert-OH is 1. The van der Waals surface area contributed by atoms with Crippen molar-refractivity contribution < 1.29 is 18.3 Å². The Bertz CT molecular complexity index is 1390. The fourth-order valence-electron chi connectivity index (χ4n) is 5.62. The van der Waals surface area contributed by atoms with E-state index in [0.717, 1.165) is 48.9 Å². The van der Waals surface area contributed by atoms with Gasteiger partial charge in [0.25, 0.3) is 0 Å². The van der Waals surface area contributed by atoms with Gasteiger partial charge in [0.1, 0.15) is 5.82 Å². The van der Waals surface area contributed by atoms with Crippen LogP contribution in [0.3, 0.4) is 0 Å². The van der Waals surface area contributed by atoms with Crippen LogP contribution >= 0.6 is 0 Å². The maximum Gasteiger partial charge on any atom is 0.213 e. The molecule has 0 radical (unpaired) electrons. The predicted molar refractivity (Wildman–Crippen MR) is 151 cm³/mol. The number of rotatable bonds is 8. The number of piperidine rings is 2. The lowest BCUT2D eigenvalue weighted by molar-refractivity contribution is 0.0952. The lowest BCUT2D eigenvalue weighted by Crippen LogP contribution is -2.51. The monoisotopic (exact) mass is 554 g/mol. The zero-order valence-corrected chi connectivity index (χ0v) is 23.7. The van der Waals surface area contributed by atoms with E-state index in [-0.39, 0.29) is 18.0 Å². The molecule has 10 nitrogen and oxygen atoms in total. The number of fused-ring (bicyclic) bond motifs is 1. The number of aromatic nitrogens is 3. The molecule has 0 aliphatic carbocycles. The SMILES string of the molecule is CCOc1ccc(CN2CCC(C)(c3nccc4cnc(N[C@@H]5CCN(S(C)(=O)=O)C[C@H]5O)cc34)CC2)cn1. The van der Waals surface area contributed by atoms with E-state index in [2.05, 4.69) is 33.2 Å². The summed E-state index contributed by atoms with van der Waals surface area (Å²) in [5.74, 6) is 1.32. The summed E-state index contributed by atoms with van der Waals surface area (Å²) < 4.78 is 30.5. The van der Waals surface area contributed by atoms with Crippen LogP contribution in [0.15, 0.2) is 42.9 Å². The Kier molecular flexibility index (Phi) is 8.04. The highest BCUT2D eigenvalue weighted by Crippen LogP contribution is 2.38. The molecule has 2 saturated heterocycles. The average molecular weight is 555 g/mol. The second-order valence-corrected chi connectivity index (χ2v) is 12.9. The predicted octanol–water partition coefficient (Wildman–Crippen LogP) is 2.78. The van der Waals surface area contributed by atoms with Gasteiger partial charge in [-0.15, -0.1) is 0 Å². The summed E-state index contributed by atoms with van der Waals surface area (Å²) in [6.45, 7) is 8.09. The zero-order chi connectivity index (χ0) is 27.6. The van der Waals surface area contributed by atoms with Crippen LogP contribution < -0.4 is 10.1 Å². The molecule has 5 heterocycles. The number of aliphatic hydroxyl groups is 1. The van der Waals surface area contributed by atoms with Crippen molar-refractivity contribution in [3.8, 4) is 5.88 Å². The Labute approximate surface area is 230 Å². The van der Waals surface area contributed by atoms with Crippen LogP contribution in [0.5, 0.6) is 5.88 Å². The first-order valence-corrected chi connectivity index (χ1v) is 15.4. The van der Waals surface area contributed by atoms with Crippen LogP contribution in [0.25, 0.3) is 10.8 Å². The molecule has 0 aromatic carbocycles. The largest absolute Gasteiger partial charge is 0.478 e. The van der Waals surface area contributed by atoms with Crippen molar-refractivity contribution >= 4 is 26.6 Å². The fourth-order valence-corrected chi connectivity index (χ4v) is 6.49. The molecule has 0 saturated carbocycles. The molecule has 2 N–H and O–H groups in total. The quantitative estimate of drug-likeness (QED) is 0.433. The summed E-state index contributed by atoms with van der Waals surface area (Å²) >= 11 is 0. The van der Waals surface area contributed by atoms with E-state index in [0.29, 0.717) is 31.3 Å². The molecule has 0 amide bonds. The molecule has 3 aromatic rings. The number of anilines is 1. The number of nitrogens with one attached hydrogen (secondary N) is 1. The third-order valence-corrected chi connectivity index (χ3v) is 9.29. The van der Waals surface area contributed by atoms with Crippen LogP contribution in [-0.4, -0.2) is 88.9 Å². The van der Waals surface area contributed by atoms with Crippen LogP contribution in [0.1, 0.15) is 44.4 Å². The minimum absolute atomic E-state index is 0.0773. The van der Waals surface area contributed by atoms with Gasteiger partial charge >= 0.3 is 0 Å². The lowest BCUT2D eigenvalue weighted by atomic mass is 9.76. The summed E-state index contributed by atoms with van der Waals surface area (Å²) in [6.07, 6.45) is 8.44. The normalized spacial score (nSPS) is 22.6. The average Bonchev–Trinajstić information content (AvgIpc) is 2.91.